The second-order valence-corrected chi connectivity index (χ2v) is 4.42. The Morgan fingerprint density at radius 2 is 2.07 bits per heavy atom. The monoisotopic (exact) mass is 200 g/mol. The van der Waals surface area contributed by atoms with E-state index >= 15 is 0 Å². The van der Waals surface area contributed by atoms with Crippen molar-refractivity contribution < 1.29 is 4.79 Å². The Hall–Kier alpha value is -1.41. The lowest BCUT2D eigenvalue weighted by Gasteiger charge is -2.02. The van der Waals surface area contributed by atoms with Crippen molar-refractivity contribution in [3.8, 4) is 0 Å². The molecule has 1 aliphatic carbocycles. The first-order valence-electron chi connectivity index (χ1n) is 4.57. The van der Waals surface area contributed by atoms with Crippen LogP contribution in [0.5, 0.6) is 0 Å². The molecule has 1 heterocycles. The number of thiophene rings is 1. The highest BCUT2D eigenvalue weighted by Gasteiger charge is 2.18. The summed E-state index contributed by atoms with van der Waals surface area (Å²) in [5, 5.41) is 1.21. The van der Waals surface area contributed by atoms with Gasteiger partial charge in [0.1, 0.15) is 0 Å². The van der Waals surface area contributed by atoms with Crippen LogP contribution in [0.15, 0.2) is 30.3 Å². The molecule has 14 heavy (non-hydrogen) atoms. The van der Waals surface area contributed by atoms with Crippen LogP contribution in [0.2, 0.25) is 0 Å². The number of benzene rings is 1. The van der Waals surface area contributed by atoms with Crippen molar-refractivity contribution in [2.24, 2.45) is 0 Å². The molecule has 0 bridgehead atoms. The molecule has 0 saturated carbocycles. The molecule has 0 fully saturated rings. The van der Waals surface area contributed by atoms with E-state index in [9.17, 15) is 4.79 Å². The maximum Gasteiger partial charge on any atom is 0.177 e. The second-order valence-electron chi connectivity index (χ2n) is 3.37. The van der Waals surface area contributed by atoms with Crippen LogP contribution in [0, 0.1) is 0 Å². The molecule has 3 rings (SSSR count). The maximum absolute atomic E-state index is 11.6. The molecule has 0 atom stereocenters. The van der Waals surface area contributed by atoms with E-state index in [1.54, 1.807) is 11.3 Å². The average molecular weight is 200 g/mol. The SMILES string of the molecule is O=C1CC=Cc2c1sc1ccccc21. The summed E-state index contributed by atoms with van der Waals surface area (Å²) in [6, 6.07) is 8.17. The van der Waals surface area contributed by atoms with E-state index in [0.717, 1.165) is 10.4 Å². The largest absolute Gasteiger partial charge is 0.293 e. The van der Waals surface area contributed by atoms with Crippen LogP contribution in [0.1, 0.15) is 21.7 Å². The van der Waals surface area contributed by atoms with Gasteiger partial charge in [-0.25, -0.2) is 0 Å². The van der Waals surface area contributed by atoms with E-state index in [4.69, 9.17) is 0 Å². The van der Waals surface area contributed by atoms with Gasteiger partial charge in [0.15, 0.2) is 5.78 Å². The molecule has 2 heteroatoms. The van der Waals surface area contributed by atoms with Crippen molar-refractivity contribution in [3.05, 3.63) is 40.8 Å². The minimum Gasteiger partial charge on any atom is -0.293 e. The van der Waals surface area contributed by atoms with Crippen LogP contribution in [-0.2, 0) is 0 Å². The predicted molar refractivity (Wildman–Crippen MR) is 59.8 cm³/mol. The molecule has 1 aromatic carbocycles. The fraction of sp³-hybridized carbons (Fsp3) is 0.0833. The number of allylic oxidation sites excluding steroid dienone is 1. The van der Waals surface area contributed by atoms with Crippen molar-refractivity contribution in [2.75, 3.05) is 0 Å². The first kappa shape index (κ1) is 7.94. The molecular formula is C12H8OS. The first-order valence-corrected chi connectivity index (χ1v) is 5.39. The van der Waals surface area contributed by atoms with Gasteiger partial charge in [-0.3, -0.25) is 4.79 Å². The Kier molecular flexibility index (Phi) is 1.58. The van der Waals surface area contributed by atoms with Gasteiger partial charge in [0.2, 0.25) is 0 Å². The average Bonchev–Trinajstić information content (AvgIpc) is 2.59. The highest BCUT2D eigenvalue weighted by molar-refractivity contribution is 7.21. The Balaban J connectivity index is 2.45. The third-order valence-corrected chi connectivity index (χ3v) is 3.70. The molecule has 0 saturated heterocycles. The number of carbonyl (C=O) groups is 1. The van der Waals surface area contributed by atoms with E-state index in [2.05, 4.69) is 18.2 Å². The van der Waals surface area contributed by atoms with Crippen molar-refractivity contribution >= 4 is 33.3 Å². The van der Waals surface area contributed by atoms with Gasteiger partial charge in [0, 0.05) is 22.1 Å². The maximum atomic E-state index is 11.6. The van der Waals surface area contributed by atoms with Crippen LogP contribution in [-0.4, -0.2) is 5.78 Å². The van der Waals surface area contributed by atoms with Crippen LogP contribution in [0.25, 0.3) is 16.2 Å². The van der Waals surface area contributed by atoms with E-state index in [1.165, 1.54) is 10.1 Å². The van der Waals surface area contributed by atoms with Gasteiger partial charge in [-0.05, 0) is 6.07 Å². The third-order valence-electron chi connectivity index (χ3n) is 2.47. The fourth-order valence-electron chi connectivity index (χ4n) is 1.81. The molecule has 2 aromatic rings. The number of Topliss-reactive ketones (excluding diaryl/α,β-unsaturated/α-hetero) is 1. The minimum absolute atomic E-state index is 0.253. The molecular weight excluding hydrogens is 192 g/mol. The third kappa shape index (κ3) is 0.976. The number of fused-ring (bicyclic) bond motifs is 3. The summed E-state index contributed by atoms with van der Waals surface area (Å²) >= 11 is 1.61. The molecule has 0 radical (unpaired) electrons. The van der Waals surface area contributed by atoms with Crippen molar-refractivity contribution in [3.63, 3.8) is 0 Å². The molecule has 0 amide bonds. The molecule has 1 aromatic heterocycles. The van der Waals surface area contributed by atoms with E-state index in [1.807, 2.05) is 18.2 Å². The molecule has 0 aliphatic heterocycles. The zero-order valence-corrected chi connectivity index (χ0v) is 8.30. The number of rotatable bonds is 0. The standard InChI is InChI=1S/C12H8OS/c13-10-6-3-5-9-8-4-1-2-7-11(8)14-12(9)10/h1-5,7H,6H2. The lowest BCUT2D eigenvalue weighted by molar-refractivity contribution is 0.0998. The summed E-state index contributed by atoms with van der Waals surface area (Å²) < 4.78 is 1.21. The molecule has 0 spiro atoms. The Morgan fingerprint density at radius 3 is 3.00 bits per heavy atom. The van der Waals surface area contributed by atoms with Crippen LogP contribution in [0.4, 0.5) is 0 Å². The highest BCUT2D eigenvalue weighted by atomic mass is 32.1. The highest BCUT2D eigenvalue weighted by Crippen LogP contribution is 2.35. The number of ketones is 1. The summed E-state index contributed by atoms with van der Waals surface area (Å²) in [5.41, 5.74) is 1.11. The van der Waals surface area contributed by atoms with E-state index in [0.29, 0.717) is 6.42 Å². The van der Waals surface area contributed by atoms with E-state index in [-0.39, 0.29) is 5.78 Å². The van der Waals surface area contributed by atoms with Gasteiger partial charge < -0.3 is 0 Å². The smallest absolute Gasteiger partial charge is 0.177 e. The summed E-state index contributed by atoms with van der Waals surface area (Å²) in [7, 11) is 0. The van der Waals surface area contributed by atoms with Crippen LogP contribution >= 0.6 is 11.3 Å². The van der Waals surface area contributed by atoms with Gasteiger partial charge >= 0.3 is 0 Å². The summed E-state index contributed by atoms with van der Waals surface area (Å²) in [5.74, 6) is 0.253. The van der Waals surface area contributed by atoms with Gasteiger partial charge in [-0.2, -0.15) is 0 Å². The van der Waals surface area contributed by atoms with Crippen LogP contribution in [0.3, 0.4) is 0 Å². The summed E-state index contributed by atoms with van der Waals surface area (Å²) in [4.78, 5) is 12.5. The van der Waals surface area contributed by atoms with Crippen molar-refractivity contribution in [1.82, 2.24) is 0 Å². The number of hydrogen-bond acceptors (Lipinski definition) is 2. The summed E-state index contributed by atoms with van der Waals surface area (Å²) in [6.45, 7) is 0. The normalized spacial score (nSPS) is 14.7. The molecule has 1 aliphatic rings. The lowest BCUT2D eigenvalue weighted by Crippen LogP contribution is -1.99. The molecule has 68 valence electrons. The van der Waals surface area contributed by atoms with Crippen LogP contribution < -0.4 is 0 Å². The Labute approximate surface area is 85.7 Å². The van der Waals surface area contributed by atoms with Gasteiger partial charge in [0.25, 0.3) is 0 Å². The van der Waals surface area contributed by atoms with E-state index < -0.39 is 0 Å². The Morgan fingerprint density at radius 1 is 1.21 bits per heavy atom. The Bertz CT molecular complexity index is 548. The van der Waals surface area contributed by atoms with Gasteiger partial charge in [-0.1, -0.05) is 30.4 Å². The van der Waals surface area contributed by atoms with Gasteiger partial charge in [-0.15, -0.1) is 11.3 Å². The number of carbonyl (C=O) groups excluding carboxylic acids is 1. The topological polar surface area (TPSA) is 17.1 Å². The predicted octanol–water partition coefficient (Wildman–Crippen LogP) is 3.50. The zero-order valence-electron chi connectivity index (χ0n) is 7.49. The molecule has 0 unspecified atom stereocenters. The molecule has 1 nitrogen and oxygen atoms in total. The zero-order chi connectivity index (χ0) is 9.54. The first-order chi connectivity index (χ1) is 6.86. The number of hydrogen-bond donors (Lipinski definition) is 0. The second kappa shape index (κ2) is 2.79. The lowest BCUT2D eigenvalue weighted by atomic mass is 10.0. The van der Waals surface area contributed by atoms with Gasteiger partial charge in [0.05, 0.1) is 4.88 Å². The minimum atomic E-state index is 0.253. The summed E-state index contributed by atoms with van der Waals surface area (Å²) in [6.07, 6.45) is 4.57. The fourth-order valence-corrected chi connectivity index (χ4v) is 2.95. The quantitative estimate of drug-likeness (QED) is 0.636. The molecule has 0 N–H and O–H groups in total. The van der Waals surface area contributed by atoms with Crippen molar-refractivity contribution in [1.29, 1.82) is 0 Å². The van der Waals surface area contributed by atoms with Crippen molar-refractivity contribution in [2.45, 2.75) is 6.42 Å².